The minimum Gasteiger partial charge on any atom is -0.306 e. The second-order valence-corrected chi connectivity index (χ2v) is 4.51. The minimum atomic E-state index is -0.161. The monoisotopic (exact) mass is 278 g/mol. The smallest absolute Gasteiger partial charge is 0.265 e. The Bertz CT molecular complexity index is 590. The molecule has 0 saturated carbocycles. The zero-order valence-electron chi connectivity index (χ0n) is 9.04. The van der Waals surface area contributed by atoms with Gasteiger partial charge < -0.3 is 4.98 Å². The Morgan fingerprint density at radius 3 is 2.75 bits per heavy atom. The molecule has 1 aromatic carbocycles. The number of benzene rings is 1. The molecule has 2 rings (SSSR count). The number of hydrogen-bond acceptors (Lipinski definition) is 2. The van der Waals surface area contributed by atoms with E-state index in [1.165, 1.54) is 11.8 Å². The molecule has 0 radical (unpaired) electrons. The van der Waals surface area contributed by atoms with Gasteiger partial charge in [-0.05, 0) is 40.9 Å². The van der Waals surface area contributed by atoms with Crippen molar-refractivity contribution in [2.75, 3.05) is 0 Å². The van der Waals surface area contributed by atoms with Gasteiger partial charge in [-0.3, -0.25) is 4.79 Å². The molecule has 1 aromatic heterocycles. The average Bonchev–Trinajstić information content (AvgIpc) is 2.26. The van der Waals surface area contributed by atoms with Gasteiger partial charge in [0.15, 0.2) is 0 Å². The van der Waals surface area contributed by atoms with Crippen molar-refractivity contribution in [3.63, 3.8) is 0 Å². The Balaban J connectivity index is 2.63. The molecule has 0 unspecified atom stereocenters. The predicted molar refractivity (Wildman–Crippen MR) is 67.5 cm³/mol. The lowest BCUT2D eigenvalue weighted by Crippen LogP contribution is -2.09. The number of aryl methyl sites for hydroxylation is 1. The highest BCUT2D eigenvalue weighted by atomic mass is 79.9. The van der Waals surface area contributed by atoms with Crippen molar-refractivity contribution in [1.82, 2.24) is 9.97 Å². The van der Waals surface area contributed by atoms with Crippen molar-refractivity contribution in [3.8, 4) is 11.4 Å². The van der Waals surface area contributed by atoms with Gasteiger partial charge >= 0.3 is 0 Å². The van der Waals surface area contributed by atoms with Crippen LogP contribution in [0.25, 0.3) is 11.4 Å². The van der Waals surface area contributed by atoms with Gasteiger partial charge in [-0.1, -0.05) is 18.2 Å². The summed E-state index contributed by atoms with van der Waals surface area (Å²) < 4.78 is 0.446. The fraction of sp³-hybridized carbons (Fsp3) is 0.167. The van der Waals surface area contributed by atoms with E-state index in [4.69, 9.17) is 0 Å². The molecular weight excluding hydrogens is 268 g/mol. The van der Waals surface area contributed by atoms with E-state index in [-0.39, 0.29) is 5.56 Å². The molecule has 0 atom stereocenters. The first kappa shape index (κ1) is 11.1. The summed E-state index contributed by atoms with van der Waals surface area (Å²) in [5.74, 6) is 0.606. The van der Waals surface area contributed by atoms with E-state index in [0.717, 1.165) is 11.1 Å². The van der Waals surface area contributed by atoms with Gasteiger partial charge in [0.1, 0.15) is 10.3 Å². The third kappa shape index (κ3) is 1.93. The van der Waals surface area contributed by atoms with Crippen LogP contribution in [0.1, 0.15) is 11.1 Å². The second kappa shape index (κ2) is 4.22. The first-order valence-electron chi connectivity index (χ1n) is 4.91. The normalized spacial score (nSPS) is 10.4. The van der Waals surface area contributed by atoms with E-state index >= 15 is 0 Å². The Kier molecular flexibility index (Phi) is 2.92. The number of rotatable bonds is 1. The zero-order valence-corrected chi connectivity index (χ0v) is 10.6. The maximum atomic E-state index is 11.5. The number of nitrogens with zero attached hydrogens (tertiary/aromatic N) is 1. The summed E-state index contributed by atoms with van der Waals surface area (Å²) in [6.45, 7) is 4.06. The molecule has 0 amide bonds. The van der Waals surface area contributed by atoms with E-state index in [0.29, 0.717) is 10.3 Å². The molecule has 0 bridgehead atoms. The number of aromatic nitrogens is 2. The lowest BCUT2D eigenvalue weighted by molar-refractivity contribution is 1.10. The molecule has 0 fully saturated rings. The van der Waals surface area contributed by atoms with Gasteiger partial charge in [0.05, 0.1) is 0 Å². The Hall–Kier alpha value is -1.42. The number of H-pyrrole nitrogens is 1. The second-order valence-electron chi connectivity index (χ2n) is 3.66. The van der Waals surface area contributed by atoms with Gasteiger partial charge in [-0.15, -0.1) is 0 Å². The summed E-state index contributed by atoms with van der Waals surface area (Å²) in [5.41, 5.74) is 3.12. The van der Waals surface area contributed by atoms with Gasteiger partial charge in [0.25, 0.3) is 5.56 Å². The number of nitrogens with one attached hydrogen (secondary N) is 1. The van der Waals surface area contributed by atoms with E-state index in [1.54, 1.807) is 0 Å². The Labute approximate surface area is 102 Å². The molecule has 0 aliphatic heterocycles. The van der Waals surface area contributed by atoms with Gasteiger partial charge in [0, 0.05) is 11.8 Å². The Morgan fingerprint density at radius 2 is 2.06 bits per heavy atom. The molecule has 16 heavy (non-hydrogen) atoms. The fourth-order valence-corrected chi connectivity index (χ4v) is 1.73. The van der Waals surface area contributed by atoms with E-state index in [2.05, 4.69) is 25.9 Å². The van der Waals surface area contributed by atoms with Crippen molar-refractivity contribution in [3.05, 3.63) is 50.3 Å². The predicted octanol–water partition coefficient (Wildman–Crippen LogP) is 2.82. The quantitative estimate of drug-likeness (QED) is 0.872. The van der Waals surface area contributed by atoms with Crippen molar-refractivity contribution in [2.45, 2.75) is 13.8 Å². The lowest BCUT2D eigenvalue weighted by Gasteiger charge is -2.07. The summed E-state index contributed by atoms with van der Waals surface area (Å²) in [6, 6.07) is 5.95. The fourth-order valence-electron chi connectivity index (χ4n) is 1.52. The maximum absolute atomic E-state index is 11.5. The van der Waals surface area contributed by atoms with Crippen LogP contribution in [0.4, 0.5) is 0 Å². The van der Waals surface area contributed by atoms with Crippen molar-refractivity contribution >= 4 is 15.9 Å². The van der Waals surface area contributed by atoms with Crippen molar-refractivity contribution in [2.24, 2.45) is 0 Å². The molecule has 1 N–H and O–H groups in total. The van der Waals surface area contributed by atoms with Gasteiger partial charge in [-0.25, -0.2) is 4.98 Å². The molecule has 1 heterocycles. The third-order valence-corrected chi connectivity index (χ3v) is 3.18. The van der Waals surface area contributed by atoms with Crippen LogP contribution < -0.4 is 5.56 Å². The summed E-state index contributed by atoms with van der Waals surface area (Å²) in [4.78, 5) is 18.4. The van der Waals surface area contributed by atoms with Gasteiger partial charge in [0.2, 0.25) is 0 Å². The van der Waals surface area contributed by atoms with E-state index < -0.39 is 0 Å². The molecule has 4 heteroatoms. The van der Waals surface area contributed by atoms with Crippen LogP contribution in [0.2, 0.25) is 0 Å². The number of halogens is 1. The van der Waals surface area contributed by atoms with Crippen LogP contribution in [0.3, 0.4) is 0 Å². The standard InChI is InChI=1S/C12H11BrN2O/c1-7-4-3-5-9(8(7)2)11-14-6-10(13)12(16)15-11/h3-6H,1-2H3,(H,14,15,16). The molecule has 0 saturated heterocycles. The highest BCUT2D eigenvalue weighted by Gasteiger charge is 2.06. The largest absolute Gasteiger partial charge is 0.306 e. The summed E-state index contributed by atoms with van der Waals surface area (Å²) in [5, 5.41) is 0. The molecular formula is C12H11BrN2O. The molecule has 3 nitrogen and oxygen atoms in total. The van der Waals surface area contributed by atoms with Crippen LogP contribution in [0.5, 0.6) is 0 Å². The summed E-state index contributed by atoms with van der Waals surface area (Å²) in [6.07, 6.45) is 1.52. The topological polar surface area (TPSA) is 45.8 Å². The lowest BCUT2D eigenvalue weighted by atomic mass is 10.0. The maximum Gasteiger partial charge on any atom is 0.265 e. The van der Waals surface area contributed by atoms with Crippen LogP contribution in [-0.4, -0.2) is 9.97 Å². The SMILES string of the molecule is Cc1cccc(-c2ncc(Br)c(=O)[nH]2)c1C. The third-order valence-electron chi connectivity index (χ3n) is 2.62. The van der Waals surface area contributed by atoms with Crippen LogP contribution >= 0.6 is 15.9 Å². The van der Waals surface area contributed by atoms with E-state index in [9.17, 15) is 4.79 Å². The van der Waals surface area contributed by atoms with Crippen LogP contribution in [0, 0.1) is 13.8 Å². The van der Waals surface area contributed by atoms with Crippen LogP contribution in [-0.2, 0) is 0 Å². The molecule has 2 aromatic rings. The molecule has 82 valence electrons. The van der Waals surface area contributed by atoms with Crippen molar-refractivity contribution in [1.29, 1.82) is 0 Å². The minimum absolute atomic E-state index is 0.161. The zero-order chi connectivity index (χ0) is 11.7. The first-order valence-corrected chi connectivity index (χ1v) is 5.70. The summed E-state index contributed by atoms with van der Waals surface area (Å²) in [7, 11) is 0. The molecule has 0 spiro atoms. The number of hydrogen-bond donors (Lipinski definition) is 1. The number of aromatic amines is 1. The Morgan fingerprint density at radius 1 is 1.31 bits per heavy atom. The molecule has 0 aliphatic rings. The van der Waals surface area contributed by atoms with Gasteiger partial charge in [-0.2, -0.15) is 0 Å². The first-order chi connectivity index (χ1) is 7.59. The van der Waals surface area contributed by atoms with Crippen molar-refractivity contribution < 1.29 is 0 Å². The van der Waals surface area contributed by atoms with Crippen LogP contribution in [0.15, 0.2) is 33.7 Å². The average molecular weight is 279 g/mol. The highest BCUT2D eigenvalue weighted by molar-refractivity contribution is 9.10. The van der Waals surface area contributed by atoms with E-state index in [1.807, 2.05) is 32.0 Å². The summed E-state index contributed by atoms with van der Waals surface area (Å²) >= 11 is 3.13. The highest BCUT2D eigenvalue weighted by Crippen LogP contribution is 2.21. The molecule has 0 aliphatic carbocycles.